The summed E-state index contributed by atoms with van der Waals surface area (Å²) in [5, 5.41) is 3.14. The summed E-state index contributed by atoms with van der Waals surface area (Å²) in [4.78, 5) is 29.1. The van der Waals surface area contributed by atoms with Crippen molar-refractivity contribution in [1.29, 1.82) is 0 Å². The number of imidazole rings is 1. The van der Waals surface area contributed by atoms with Crippen LogP contribution in [-0.2, 0) is 11.3 Å². The Bertz CT molecular complexity index is 471. The van der Waals surface area contributed by atoms with Crippen LogP contribution in [0.1, 0.15) is 30.8 Å². The summed E-state index contributed by atoms with van der Waals surface area (Å²) in [6.07, 6.45) is 2.73. The number of hydrogen-bond donors (Lipinski definition) is 2. The zero-order valence-electron chi connectivity index (χ0n) is 11.2. The molecule has 0 spiro atoms. The number of aryl methyl sites for hydroxylation is 1. The fourth-order valence-electron chi connectivity index (χ4n) is 2.08. The van der Waals surface area contributed by atoms with Crippen molar-refractivity contribution in [1.82, 2.24) is 14.5 Å². The van der Waals surface area contributed by atoms with E-state index in [4.69, 9.17) is 5.73 Å². The van der Waals surface area contributed by atoms with E-state index < -0.39 is 5.91 Å². The zero-order valence-corrected chi connectivity index (χ0v) is 11.2. The minimum Gasteiger partial charge on any atom is -0.368 e. The van der Waals surface area contributed by atoms with Crippen molar-refractivity contribution in [2.24, 2.45) is 5.73 Å². The van der Waals surface area contributed by atoms with Crippen LogP contribution >= 0.6 is 0 Å². The topological polar surface area (TPSA) is 93.2 Å². The molecular formula is C12H19N5O2. The number of nitrogens with zero attached hydrogens (tertiary/aromatic N) is 3. The van der Waals surface area contributed by atoms with Crippen LogP contribution in [0.5, 0.6) is 0 Å². The molecule has 19 heavy (non-hydrogen) atoms. The van der Waals surface area contributed by atoms with Gasteiger partial charge in [0.1, 0.15) is 5.69 Å². The predicted molar refractivity (Wildman–Crippen MR) is 70.7 cm³/mol. The minimum atomic E-state index is -0.524. The Morgan fingerprint density at radius 2 is 2.32 bits per heavy atom. The summed E-state index contributed by atoms with van der Waals surface area (Å²) in [5.41, 5.74) is 5.52. The second-order valence-corrected chi connectivity index (χ2v) is 4.92. The molecule has 0 aliphatic carbocycles. The number of aromatic nitrogens is 2. The summed E-state index contributed by atoms with van der Waals surface area (Å²) >= 11 is 0. The first-order valence-corrected chi connectivity index (χ1v) is 6.39. The highest BCUT2D eigenvalue weighted by Gasteiger charge is 2.24. The van der Waals surface area contributed by atoms with Crippen molar-refractivity contribution in [3.05, 3.63) is 11.9 Å². The molecule has 2 heterocycles. The lowest BCUT2D eigenvalue weighted by atomic mass is 10.2. The van der Waals surface area contributed by atoms with E-state index in [1.54, 1.807) is 6.20 Å². The number of primary amides is 1. The van der Waals surface area contributed by atoms with Crippen LogP contribution in [-0.4, -0.2) is 45.4 Å². The number of nitrogens with one attached hydrogen (secondary N) is 1. The van der Waals surface area contributed by atoms with Crippen molar-refractivity contribution >= 4 is 17.8 Å². The average Bonchev–Trinajstić information content (AvgIpc) is 2.78. The van der Waals surface area contributed by atoms with Gasteiger partial charge in [-0.15, -0.1) is 0 Å². The molecule has 0 unspecified atom stereocenters. The van der Waals surface area contributed by atoms with Crippen LogP contribution in [0.25, 0.3) is 0 Å². The Labute approximate surface area is 111 Å². The maximum atomic E-state index is 12.4. The van der Waals surface area contributed by atoms with Crippen LogP contribution in [0.3, 0.4) is 0 Å². The van der Waals surface area contributed by atoms with Crippen LogP contribution in [0.15, 0.2) is 6.20 Å². The van der Waals surface area contributed by atoms with E-state index in [1.165, 1.54) is 4.90 Å². The molecule has 0 atom stereocenters. The average molecular weight is 265 g/mol. The Kier molecular flexibility index (Phi) is 3.73. The maximum Gasteiger partial charge on any atom is 0.274 e. The molecule has 3 N–H and O–H groups in total. The molecule has 0 fully saturated rings. The van der Waals surface area contributed by atoms with Crippen LogP contribution in [0, 0.1) is 0 Å². The molecule has 7 heteroatoms. The molecule has 0 aromatic carbocycles. The van der Waals surface area contributed by atoms with Gasteiger partial charge in [0.05, 0.1) is 6.54 Å². The minimum absolute atomic E-state index is 0.0911. The van der Waals surface area contributed by atoms with Gasteiger partial charge in [0, 0.05) is 25.3 Å². The van der Waals surface area contributed by atoms with Gasteiger partial charge in [-0.1, -0.05) is 0 Å². The largest absolute Gasteiger partial charge is 0.368 e. The normalized spacial score (nSPS) is 13.8. The number of hydrogen-bond acceptors (Lipinski definition) is 4. The number of carbonyl (C=O) groups excluding carboxylic acids is 2. The van der Waals surface area contributed by atoms with Crippen LogP contribution < -0.4 is 11.1 Å². The fraction of sp³-hybridized carbons (Fsp3) is 0.583. The smallest absolute Gasteiger partial charge is 0.274 e. The Balaban J connectivity index is 2.21. The molecule has 0 saturated heterocycles. The maximum absolute atomic E-state index is 12.4. The third-order valence-corrected chi connectivity index (χ3v) is 3.06. The van der Waals surface area contributed by atoms with Crippen molar-refractivity contribution in [2.45, 2.75) is 32.9 Å². The lowest BCUT2D eigenvalue weighted by molar-refractivity contribution is -0.119. The summed E-state index contributed by atoms with van der Waals surface area (Å²) in [7, 11) is 0. The van der Waals surface area contributed by atoms with Crippen LogP contribution in [0.4, 0.5) is 5.95 Å². The second kappa shape index (κ2) is 5.29. The number of carbonyl (C=O) groups is 2. The number of fused-ring (bicyclic) bond motifs is 1. The standard InChI is InChI=1S/C12H19N5O2/c1-8(2)17(7-10(13)18)11(19)9-6-16-5-3-4-14-12(16)15-9/h6,8H,3-5,7H2,1-2H3,(H2,13,18)(H,14,15). The van der Waals surface area contributed by atoms with Gasteiger partial charge in [-0.05, 0) is 20.3 Å². The van der Waals surface area contributed by atoms with Gasteiger partial charge in [-0.3, -0.25) is 9.59 Å². The molecule has 0 bridgehead atoms. The van der Waals surface area contributed by atoms with E-state index in [2.05, 4.69) is 10.3 Å². The third kappa shape index (κ3) is 2.86. The SMILES string of the molecule is CC(C)N(CC(N)=O)C(=O)c1cn2c(n1)NCCC2. The molecular weight excluding hydrogens is 246 g/mol. The molecule has 1 aromatic rings. The first-order chi connectivity index (χ1) is 8.99. The molecule has 7 nitrogen and oxygen atoms in total. The summed E-state index contributed by atoms with van der Waals surface area (Å²) in [5.74, 6) is -0.0842. The van der Waals surface area contributed by atoms with E-state index in [1.807, 2.05) is 18.4 Å². The number of nitrogens with two attached hydrogens (primary N) is 1. The van der Waals surface area contributed by atoms with E-state index >= 15 is 0 Å². The van der Waals surface area contributed by atoms with Crippen LogP contribution in [0.2, 0.25) is 0 Å². The van der Waals surface area contributed by atoms with Crippen molar-refractivity contribution in [2.75, 3.05) is 18.4 Å². The van der Waals surface area contributed by atoms with Gasteiger partial charge < -0.3 is 20.5 Å². The molecule has 1 aromatic heterocycles. The lowest BCUT2D eigenvalue weighted by Gasteiger charge is -2.24. The molecule has 0 saturated carbocycles. The Morgan fingerprint density at radius 3 is 2.89 bits per heavy atom. The van der Waals surface area contributed by atoms with E-state index in [0.29, 0.717) is 11.6 Å². The molecule has 0 radical (unpaired) electrons. The third-order valence-electron chi connectivity index (χ3n) is 3.06. The summed E-state index contributed by atoms with van der Waals surface area (Å²) < 4.78 is 1.92. The molecule has 104 valence electrons. The summed E-state index contributed by atoms with van der Waals surface area (Å²) in [6, 6.07) is -0.105. The summed E-state index contributed by atoms with van der Waals surface area (Å²) in [6.45, 7) is 5.30. The van der Waals surface area contributed by atoms with Gasteiger partial charge in [0.15, 0.2) is 0 Å². The van der Waals surface area contributed by atoms with Gasteiger partial charge in [0.25, 0.3) is 5.91 Å². The second-order valence-electron chi connectivity index (χ2n) is 4.92. The molecule has 1 aliphatic heterocycles. The Morgan fingerprint density at radius 1 is 1.58 bits per heavy atom. The van der Waals surface area contributed by atoms with Gasteiger partial charge in [0.2, 0.25) is 11.9 Å². The first kappa shape index (κ1) is 13.4. The predicted octanol–water partition coefficient (Wildman–Crippen LogP) is 0.0346. The first-order valence-electron chi connectivity index (χ1n) is 6.39. The zero-order chi connectivity index (χ0) is 14.0. The highest BCUT2D eigenvalue weighted by atomic mass is 16.2. The van der Waals surface area contributed by atoms with E-state index in [-0.39, 0.29) is 18.5 Å². The lowest BCUT2D eigenvalue weighted by Crippen LogP contribution is -2.42. The molecule has 2 rings (SSSR count). The Hall–Kier alpha value is -2.05. The van der Waals surface area contributed by atoms with Gasteiger partial charge in [-0.2, -0.15) is 0 Å². The highest BCUT2D eigenvalue weighted by molar-refractivity contribution is 5.95. The monoisotopic (exact) mass is 265 g/mol. The van der Waals surface area contributed by atoms with Crippen molar-refractivity contribution in [3.8, 4) is 0 Å². The van der Waals surface area contributed by atoms with Crippen molar-refractivity contribution < 1.29 is 9.59 Å². The molecule has 1 aliphatic rings. The quantitative estimate of drug-likeness (QED) is 0.803. The van der Waals surface area contributed by atoms with Crippen molar-refractivity contribution in [3.63, 3.8) is 0 Å². The fourth-order valence-corrected chi connectivity index (χ4v) is 2.08. The van der Waals surface area contributed by atoms with E-state index in [0.717, 1.165) is 19.5 Å². The number of anilines is 1. The number of rotatable bonds is 4. The van der Waals surface area contributed by atoms with Gasteiger partial charge >= 0.3 is 0 Å². The van der Waals surface area contributed by atoms with Gasteiger partial charge in [-0.25, -0.2) is 4.98 Å². The highest BCUT2D eigenvalue weighted by Crippen LogP contribution is 2.16. The number of amides is 2. The molecule has 2 amide bonds. The van der Waals surface area contributed by atoms with E-state index in [9.17, 15) is 9.59 Å².